The Morgan fingerprint density at radius 3 is 2.88 bits per heavy atom. The van der Waals surface area contributed by atoms with E-state index in [4.69, 9.17) is 22.1 Å². The van der Waals surface area contributed by atoms with Crippen molar-refractivity contribution in [2.45, 2.75) is 6.04 Å². The van der Waals surface area contributed by atoms with Gasteiger partial charge < -0.3 is 15.8 Å². The van der Waals surface area contributed by atoms with E-state index in [-0.39, 0.29) is 11.1 Å². The first kappa shape index (κ1) is 13.4. The Morgan fingerprint density at radius 2 is 2.31 bits per heavy atom. The Hall–Kier alpha value is -0.680. The zero-order valence-electron chi connectivity index (χ0n) is 9.17. The molecule has 1 unspecified atom stereocenters. The molecule has 1 atom stereocenters. The van der Waals surface area contributed by atoms with Crippen molar-refractivity contribution in [1.29, 1.82) is 0 Å². The molecule has 1 aromatic carbocycles. The fraction of sp³-hybridized carbons (Fsp3) is 0.455. The van der Waals surface area contributed by atoms with Gasteiger partial charge in [0.1, 0.15) is 5.82 Å². The standard InChI is InChI=1S/C11H16ClFN2O/c1-16-5-4-15-11(7-14)8-2-3-9(12)10(13)6-8/h2-3,6,11,15H,4-5,7,14H2,1H3. The van der Waals surface area contributed by atoms with Crippen molar-refractivity contribution in [3.05, 3.63) is 34.6 Å². The van der Waals surface area contributed by atoms with E-state index < -0.39 is 5.82 Å². The second-order valence-electron chi connectivity index (χ2n) is 3.41. The number of nitrogens with one attached hydrogen (secondary N) is 1. The van der Waals surface area contributed by atoms with Crippen molar-refractivity contribution in [3.8, 4) is 0 Å². The molecule has 1 aromatic rings. The number of ether oxygens (including phenoxy) is 1. The maximum absolute atomic E-state index is 13.2. The molecule has 3 nitrogen and oxygen atoms in total. The summed E-state index contributed by atoms with van der Waals surface area (Å²) in [6.07, 6.45) is 0. The van der Waals surface area contributed by atoms with Crippen LogP contribution in [0.5, 0.6) is 0 Å². The molecule has 1 rings (SSSR count). The number of rotatable bonds is 6. The van der Waals surface area contributed by atoms with Crippen LogP contribution in [0.3, 0.4) is 0 Å². The maximum Gasteiger partial charge on any atom is 0.142 e. The van der Waals surface area contributed by atoms with Crippen LogP contribution in [0, 0.1) is 5.82 Å². The van der Waals surface area contributed by atoms with Gasteiger partial charge in [0.05, 0.1) is 11.6 Å². The molecule has 90 valence electrons. The van der Waals surface area contributed by atoms with Crippen molar-refractivity contribution < 1.29 is 9.13 Å². The molecule has 0 fully saturated rings. The highest BCUT2D eigenvalue weighted by Gasteiger charge is 2.10. The molecule has 0 aliphatic heterocycles. The van der Waals surface area contributed by atoms with E-state index in [2.05, 4.69) is 5.32 Å². The summed E-state index contributed by atoms with van der Waals surface area (Å²) in [4.78, 5) is 0. The van der Waals surface area contributed by atoms with Crippen LogP contribution < -0.4 is 11.1 Å². The van der Waals surface area contributed by atoms with Gasteiger partial charge in [0.25, 0.3) is 0 Å². The minimum Gasteiger partial charge on any atom is -0.383 e. The summed E-state index contributed by atoms with van der Waals surface area (Å²) in [6, 6.07) is 4.62. The molecule has 0 saturated heterocycles. The summed E-state index contributed by atoms with van der Waals surface area (Å²) >= 11 is 5.61. The number of halogens is 2. The highest BCUT2D eigenvalue weighted by atomic mass is 35.5. The molecular formula is C11H16ClFN2O. The molecule has 0 spiro atoms. The lowest BCUT2D eigenvalue weighted by Crippen LogP contribution is -2.30. The zero-order chi connectivity index (χ0) is 12.0. The van der Waals surface area contributed by atoms with E-state index in [0.29, 0.717) is 19.7 Å². The first-order chi connectivity index (χ1) is 7.69. The first-order valence-corrected chi connectivity index (χ1v) is 5.44. The molecular weight excluding hydrogens is 231 g/mol. The second-order valence-corrected chi connectivity index (χ2v) is 3.82. The first-order valence-electron chi connectivity index (χ1n) is 5.06. The monoisotopic (exact) mass is 246 g/mol. The average molecular weight is 247 g/mol. The molecule has 3 N–H and O–H groups in total. The summed E-state index contributed by atoms with van der Waals surface area (Å²) in [7, 11) is 1.63. The van der Waals surface area contributed by atoms with Crippen molar-refractivity contribution in [2.24, 2.45) is 5.73 Å². The van der Waals surface area contributed by atoms with Gasteiger partial charge in [0.2, 0.25) is 0 Å². The van der Waals surface area contributed by atoms with Gasteiger partial charge in [0.15, 0.2) is 0 Å². The molecule has 0 aliphatic rings. The van der Waals surface area contributed by atoms with E-state index in [1.807, 2.05) is 0 Å². The van der Waals surface area contributed by atoms with Crippen LogP contribution in [0.4, 0.5) is 4.39 Å². The number of nitrogens with two attached hydrogens (primary N) is 1. The van der Waals surface area contributed by atoms with E-state index in [9.17, 15) is 4.39 Å². The number of hydrogen-bond acceptors (Lipinski definition) is 3. The normalized spacial score (nSPS) is 12.8. The van der Waals surface area contributed by atoms with Crippen LogP contribution in [0.15, 0.2) is 18.2 Å². The Bertz CT molecular complexity index is 336. The molecule has 0 aromatic heterocycles. The van der Waals surface area contributed by atoms with E-state index >= 15 is 0 Å². The van der Waals surface area contributed by atoms with E-state index in [1.54, 1.807) is 13.2 Å². The summed E-state index contributed by atoms with van der Waals surface area (Å²) in [5.41, 5.74) is 6.41. The largest absolute Gasteiger partial charge is 0.383 e. The van der Waals surface area contributed by atoms with Crippen LogP contribution in [0.1, 0.15) is 11.6 Å². The fourth-order valence-electron chi connectivity index (χ4n) is 1.40. The van der Waals surface area contributed by atoms with Crippen LogP contribution in [-0.2, 0) is 4.74 Å². The van der Waals surface area contributed by atoms with Crippen LogP contribution >= 0.6 is 11.6 Å². The Labute approximate surface area is 99.7 Å². The van der Waals surface area contributed by atoms with Crippen molar-refractivity contribution in [2.75, 3.05) is 26.8 Å². The van der Waals surface area contributed by atoms with Gasteiger partial charge in [-0.1, -0.05) is 17.7 Å². The van der Waals surface area contributed by atoms with Crippen molar-refractivity contribution in [3.63, 3.8) is 0 Å². The topological polar surface area (TPSA) is 47.3 Å². The number of methoxy groups -OCH3 is 1. The molecule has 0 bridgehead atoms. The molecule has 16 heavy (non-hydrogen) atoms. The number of benzene rings is 1. The van der Waals surface area contributed by atoms with Gasteiger partial charge in [0, 0.05) is 26.2 Å². The predicted octanol–water partition coefficient (Wildman–Crippen LogP) is 1.71. The molecule has 0 amide bonds. The summed E-state index contributed by atoms with van der Waals surface area (Å²) < 4.78 is 18.2. The maximum atomic E-state index is 13.2. The lowest BCUT2D eigenvalue weighted by Gasteiger charge is -2.17. The molecule has 5 heteroatoms. The Balaban J connectivity index is 2.67. The minimum absolute atomic E-state index is 0.0816. The van der Waals surface area contributed by atoms with Crippen molar-refractivity contribution in [1.82, 2.24) is 5.32 Å². The minimum atomic E-state index is -0.425. The third-order valence-electron chi connectivity index (χ3n) is 2.28. The molecule has 0 heterocycles. The van der Waals surface area contributed by atoms with Gasteiger partial charge >= 0.3 is 0 Å². The van der Waals surface area contributed by atoms with Gasteiger partial charge in [-0.2, -0.15) is 0 Å². The smallest absolute Gasteiger partial charge is 0.142 e. The SMILES string of the molecule is COCCNC(CN)c1ccc(Cl)c(F)c1. The fourth-order valence-corrected chi connectivity index (χ4v) is 1.52. The highest BCUT2D eigenvalue weighted by molar-refractivity contribution is 6.30. The van der Waals surface area contributed by atoms with E-state index in [1.165, 1.54) is 12.1 Å². The summed E-state index contributed by atoms with van der Waals surface area (Å²) in [5.74, 6) is -0.425. The summed E-state index contributed by atoms with van der Waals surface area (Å²) in [5, 5.41) is 3.30. The molecule has 0 aliphatic carbocycles. The van der Waals surface area contributed by atoms with Gasteiger partial charge in [-0.3, -0.25) is 0 Å². The Morgan fingerprint density at radius 1 is 1.56 bits per heavy atom. The summed E-state index contributed by atoms with van der Waals surface area (Å²) in [6.45, 7) is 1.65. The van der Waals surface area contributed by atoms with Gasteiger partial charge in [-0.15, -0.1) is 0 Å². The third kappa shape index (κ3) is 3.72. The zero-order valence-corrected chi connectivity index (χ0v) is 9.93. The van der Waals surface area contributed by atoms with Crippen LogP contribution in [0.2, 0.25) is 5.02 Å². The molecule has 0 radical (unpaired) electrons. The van der Waals surface area contributed by atoms with E-state index in [0.717, 1.165) is 5.56 Å². The van der Waals surface area contributed by atoms with Crippen LogP contribution in [0.25, 0.3) is 0 Å². The van der Waals surface area contributed by atoms with Crippen molar-refractivity contribution >= 4 is 11.6 Å². The van der Waals surface area contributed by atoms with Crippen LogP contribution in [-0.4, -0.2) is 26.8 Å². The lowest BCUT2D eigenvalue weighted by atomic mass is 10.1. The number of hydrogen-bond donors (Lipinski definition) is 2. The average Bonchev–Trinajstić information content (AvgIpc) is 2.29. The quantitative estimate of drug-likeness (QED) is 0.752. The lowest BCUT2D eigenvalue weighted by molar-refractivity contribution is 0.196. The second kappa shape index (κ2) is 6.81. The third-order valence-corrected chi connectivity index (χ3v) is 2.59. The predicted molar refractivity (Wildman–Crippen MR) is 63.1 cm³/mol. The molecule has 0 saturated carbocycles. The van der Waals surface area contributed by atoms with Gasteiger partial charge in [-0.25, -0.2) is 4.39 Å². The Kier molecular flexibility index (Phi) is 5.69. The highest BCUT2D eigenvalue weighted by Crippen LogP contribution is 2.19. The van der Waals surface area contributed by atoms with Gasteiger partial charge in [-0.05, 0) is 17.7 Å².